The lowest BCUT2D eigenvalue weighted by atomic mass is 10.2. The molecular formula is C18H17FN2O2. The molecule has 0 atom stereocenters. The molecular weight excluding hydrogens is 295 g/mol. The van der Waals surface area contributed by atoms with E-state index in [2.05, 4.69) is 4.98 Å². The van der Waals surface area contributed by atoms with E-state index >= 15 is 0 Å². The van der Waals surface area contributed by atoms with Crippen molar-refractivity contribution in [1.82, 2.24) is 9.55 Å². The third kappa shape index (κ3) is 2.82. The second-order valence-electron chi connectivity index (χ2n) is 5.11. The smallest absolute Gasteiger partial charge is 0.338 e. The number of nitrogens with zero attached hydrogens (tertiary/aromatic N) is 2. The maximum absolute atomic E-state index is 13.1. The van der Waals surface area contributed by atoms with Gasteiger partial charge in [0.15, 0.2) is 0 Å². The number of benzene rings is 2. The van der Waals surface area contributed by atoms with Gasteiger partial charge in [0, 0.05) is 12.1 Å². The van der Waals surface area contributed by atoms with Crippen molar-refractivity contribution >= 4 is 17.0 Å². The SMILES string of the molecule is CCOC(=O)c1ccc2c(c1)nc(-c1ccc(F)cc1)n2CC. The molecule has 0 aliphatic heterocycles. The van der Waals surface area contributed by atoms with Gasteiger partial charge in [-0.1, -0.05) is 0 Å². The minimum atomic E-state index is -0.358. The number of hydrogen-bond donors (Lipinski definition) is 0. The zero-order valence-electron chi connectivity index (χ0n) is 13.0. The molecule has 0 N–H and O–H groups in total. The summed E-state index contributed by atoms with van der Waals surface area (Å²) in [5.41, 5.74) is 2.96. The lowest BCUT2D eigenvalue weighted by Gasteiger charge is -2.06. The van der Waals surface area contributed by atoms with Crippen LogP contribution in [0.2, 0.25) is 0 Å². The fourth-order valence-electron chi connectivity index (χ4n) is 2.61. The number of hydrogen-bond acceptors (Lipinski definition) is 3. The first-order chi connectivity index (χ1) is 11.1. The quantitative estimate of drug-likeness (QED) is 0.683. The van der Waals surface area contributed by atoms with Gasteiger partial charge < -0.3 is 9.30 Å². The molecule has 0 spiro atoms. The van der Waals surface area contributed by atoms with Gasteiger partial charge in [0.25, 0.3) is 0 Å². The summed E-state index contributed by atoms with van der Waals surface area (Å²) < 4.78 is 20.2. The van der Waals surface area contributed by atoms with E-state index in [1.807, 2.05) is 17.6 Å². The molecule has 1 aromatic heterocycles. The lowest BCUT2D eigenvalue weighted by Crippen LogP contribution is -2.04. The topological polar surface area (TPSA) is 44.1 Å². The number of rotatable bonds is 4. The van der Waals surface area contributed by atoms with Crippen LogP contribution in [0.15, 0.2) is 42.5 Å². The van der Waals surface area contributed by atoms with Crippen LogP contribution in [0.4, 0.5) is 4.39 Å². The zero-order chi connectivity index (χ0) is 16.4. The summed E-state index contributed by atoms with van der Waals surface area (Å²) in [5, 5.41) is 0. The van der Waals surface area contributed by atoms with Gasteiger partial charge in [0.2, 0.25) is 0 Å². The molecule has 5 heteroatoms. The van der Waals surface area contributed by atoms with E-state index in [-0.39, 0.29) is 11.8 Å². The Hall–Kier alpha value is -2.69. The standard InChI is InChI=1S/C18H17FN2O2/c1-3-21-16-10-7-13(18(22)23-4-2)11-15(16)20-17(21)12-5-8-14(19)9-6-12/h5-11H,3-4H2,1-2H3. The average molecular weight is 312 g/mol. The van der Waals surface area contributed by atoms with E-state index in [0.717, 1.165) is 29.0 Å². The summed E-state index contributed by atoms with van der Waals surface area (Å²) in [7, 11) is 0. The maximum Gasteiger partial charge on any atom is 0.338 e. The molecule has 3 rings (SSSR count). The van der Waals surface area contributed by atoms with E-state index in [9.17, 15) is 9.18 Å². The van der Waals surface area contributed by atoms with Gasteiger partial charge in [-0.05, 0) is 56.3 Å². The number of esters is 1. The second-order valence-corrected chi connectivity index (χ2v) is 5.11. The zero-order valence-corrected chi connectivity index (χ0v) is 13.0. The van der Waals surface area contributed by atoms with Gasteiger partial charge >= 0.3 is 5.97 Å². The molecule has 1 heterocycles. The van der Waals surface area contributed by atoms with Crippen LogP contribution in [-0.2, 0) is 11.3 Å². The largest absolute Gasteiger partial charge is 0.462 e. The van der Waals surface area contributed by atoms with Crippen LogP contribution in [0.1, 0.15) is 24.2 Å². The van der Waals surface area contributed by atoms with E-state index in [0.29, 0.717) is 12.2 Å². The van der Waals surface area contributed by atoms with Crippen LogP contribution >= 0.6 is 0 Å². The third-order valence-electron chi connectivity index (χ3n) is 3.68. The van der Waals surface area contributed by atoms with Crippen LogP contribution < -0.4 is 0 Å². The number of halogens is 1. The Kier molecular flexibility index (Phi) is 4.10. The first-order valence-corrected chi connectivity index (χ1v) is 7.57. The van der Waals surface area contributed by atoms with Gasteiger partial charge in [0.05, 0.1) is 23.2 Å². The summed E-state index contributed by atoms with van der Waals surface area (Å²) >= 11 is 0. The van der Waals surface area contributed by atoms with Gasteiger partial charge in [-0.2, -0.15) is 0 Å². The van der Waals surface area contributed by atoms with Crippen LogP contribution in [0, 0.1) is 5.82 Å². The minimum Gasteiger partial charge on any atom is -0.462 e. The molecule has 0 saturated heterocycles. The summed E-state index contributed by atoms with van der Waals surface area (Å²) in [6.07, 6.45) is 0. The van der Waals surface area contributed by atoms with E-state index in [1.165, 1.54) is 12.1 Å². The van der Waals surface area contributed by atoms with Crippen molar-refractivity contribution in [1.29, 1.82) is 0 Å². The van der Waals surface area contributed by atoms with Gasteiger partial charge in [0.1, 0.15) is 11.6 Å². The Morgan fingerprint density at radius 2 is 1.91 bits per heavy atom. The predicted molar refractivity (Wildman–Crippen MR) is 86.8 cm³/mol. The Morgan fingerprint density at radius 3 is 2.57 bits per heavy atom. The highest BCUT2D eigenvalue weighted by molar-refractivity contribution is 5.94. The fraction of sp³-hybridized carbons (Fsp3) is 0.222. The molecule has 3 aromatic rings. The Morgan fingerprint density at radius 1 is 1.17 bits per heavy atom. The summed E-state index contributed by atoms with van der Waals surface area (Å²) in [6, 6.07) is 11.6. The molecule has 0 aliphatic carbocycles. The lowest BCUT2D eigenvalue weighted by molar-refractivity contribution is 0.0526. The van der Waals surface area contributed by atoms with Gasteiger partial charge in [-0.25, -0.2) is 14.2 Å². The normalized spacial score (nSPS) is 10.9. The Balaban J connectivity index is 2.12. The number of ether oxygens (including phenoxy) is 1. The maximum atomic E-state index is 13.1. The second kappa shape index (κ2) is 6.20. The van der Waals surface area contributed by atoms with Crippen molar-refractivity contribution in [2.45, 2.75) is 20.4 Å². The van der Waals surface area contributed by atoms with Crippen molar-refractivity contribution < 1.29 is 13.9 Å². The van der Waals surface area contributed by atoms with Crippen molar-refractivity contribution in [2.75, 3.05) is 6.61 Å². The van der Waals surface area contributed by atoms with Crippen LogP contribution in [-0.4, -0.2) is 22.1 Å². The monoisotopic (exact) mass is 312 g/mol. The van der Waals surface area contributed by atoms with Crippen molar-refractivity contribution in [2.24, 2.45) is 0 Å². The van der Waals surface area contributed by atoms with Crippen molar-refractivity contribution in [3.05, 3.63) is 53.8 Å². The number of carbonyl (C=O) groups excluding carboxylic acids is 1. The number of fused-ring (bicyclic) bond motifs is 1. The summed E-state index contributed by atoms with van der Waals surface area (Å²) in [5.74, 6) is 0.116. The Bertz CT molecular complexity index is 853. The minimum absolute atomic E-state index is 0.280. The van der Waals surface area contributed by atoms with Crippen LogP contribution in [0.3, 0.4) is 0 Å². The highest BCUT2D eigenvalue weighted by atomic mass is 19.1. The van der Waals surface area contributed by atoms with Crippen LogP contribution in [0.25, 0.3) is 22.4 Å². The van der Waals surface area contributed by atoms with E-state index in [1.54, 1.807) is 31.2 Å². The average Bonchev–Trinajstić information content (AvgIpc) is 2.93. The van der Waals surface area contributed by atoms with Gasteiger partial charge in [-0.3, -0.25) is 0 Å². The molecule has 4 nitrogen and oxygen atoms in total. The number of aryl methyl sites for hydroxylation is 1. The predicted octanol–water partition coefficient (Wildman–Crippen LogP) is 4.04. The fourth-order valence-corrected chi connectivity index (χ4v) is 2.61. The highest BCUT2D eigenvalue weighted by Gasteiger charge is 2.14. The van der Waals surface area contributed by atoms with E-state index in [4.69, 9.17) is 4.74 Å². The van der Waals surface area contributed by atoms with E-state index < -0.39 is 0 Å². The summed E-state index contributed by atoms with van der Waals surface area (Å²) in [6.45, 7) is 4.85. The highest BCUT2D eigenvalue weighted by Crippen LogP contribution is 2.26. The molecule has 0 saturated carbocycles. The molecule has 23 heavy (non-hydrogen) atoms. The first-order valence-electron chi connectivity index (χ1n) is 7.57. The molecule has 0 bridgehead atoms. The van der Waals surface area contributed by atoms with Crippen LogP contribution in [0.5, 0.6) is 0 Å². The van der Waals surface area contributed by atoms with Crippen molar-refractivity contribution in [3.63, 3.8) is 0 Å². The molecule has 0 amide bonds. The molecule has 2 aromatic carbocycles. The Labute approximate surface area is 133 Å². The first kappa shape index (κ1) is 15.2. The molecule has 118 valence electrons. The number of aromatic nitrogens is 2. The van der Waals surface area contributed by atoms with Crippen molar-refractivity contribution in [3.8, 4) is 11.4 Å². The number of carbonyl (C=O) groups is 1. The third-order valence-corrected chi connectivity index (χ3v) is 3.68. The molecule has 0 fully saturated rings. The summed E-state index contributed by atoms with van der Waals surface area (Å²) in [4.78, 5) is 16.5. The van der Waals surface area contributed by atoms with Gasteiger partial charge in [-0.15, -0.1) is 0 Å². The molecule has 0 radical (unpaired) electrons. The molecule has 0 aliphatic rings. The number of imidazole rings is 1. The molecule has 0 unspecified atom stereocenters.